The van der Waals surface area contributed by atoms with Gasteiger partial charge in [0, 0.05) is 24.8 Å². The van der Waals surface area contributed by atoms with E-state index < -0.39 is 0 Å². The number of fused-ring (bicyclic) bond motifs is 1. The van der Waals surface area contributed by atoms with Gasteiger partial charge < -0.3 is 4.90 Å². The summed E-state index contributed by atoms with van der Waals surface area (Å²) in [4.78, 5) is 18.4. The molecule has 3 rings (SSSR count). The summed E-state index contributed by atoms with van der Waals surface area (Å²) in [7, 11) is 1.91. The molecule has 114 valence electrons. The van der Waals surface area contributed by atoms with Gasteiger partial charge in [-0.2, -0.15) is 10.4 Å². The fraction of sp³-hybridized carbons (Fsp3) is 0.385. The van der Waals surface area contributed by atoms with E-state index in [2.05, 4.69) is 15.4 Å². The molecule has 0 fully saturated rings. The van der Waals surface area contributed by atoms with Gasteiger partial charge in [-0.25, -0.2) is 9.78 Å². The summed E-state index contributed by atoms with van der Waals surface area (Å²) < 4.78 is 1.86. The number of thiazole rings is 1. The third-order valence-electron chi connectivity index (χ3n) is 3.54. The van der Waals surface area contributed by atoms with Crippen LogP contribution in [-0.4, -0.2) is 32.2 Å². The number of nitriles is 1. The lowest BCUT2D eigenvalue weighted by atomic mass is 10.2. The lowest BCUT2D eigenvalue weighted by Crippen LogP contribution is -2.34. The second-order valence-electron chi connectivity index (χ2n) is 4.95. The third-order valence-corrected chi connectivity index (χ3v) is 4.80. The van der Waals surface area contributed by atoms with Crippen molar-refractivity contribution in [3.63, 3.8) is 0 Å². The van der Waals surface area contributed by atoms with Crippen LogP contribution in [0.5, 0.6) is 0 Å². The minimum atomic E-state index is -0.244. The molecule has 0 aromatic carbocycles. The van der Waals surface area contributed by atoms with Crippen LogP contribution in [0.15, 0.2) is 6.20 Å². The molecule has 0 aliphatic carbocycles. The SMILES string of the molecule is Cn1ncc2c1CCCN(C(=O)Nc1nc(Cl)c(C#N)s1)C2. The molecule has 0 saturated carbocycles. The zero-order chi connectivity index (χ0) is 15.7. The number of anilines is 1. The molecule has 7 nitrogen and oxygen atoms in total. The van der Waals surface area contributed by atoms with E-state index in [4.69, 9.17) is 16.9 Å². The van der Waals surface area contributed by atoms with Crippen molar-refractivity contribution in [2.75, 3.05) is 11.9 Å². The third kappa shape index (κ3) is 2.77. The van der Waals surface area contributed by atoms with Crippen molar-refractivity contribution in [1.29, 1.82) is 5.26 Å². The maximum absolute atomic E-state index is 12.4. The van der Waals surface area contributed by atoms with Crippen LogP contribution in [0.4, 0.5) is 9.93 Å². The highest BCUT2D eigenvalue weighted by Crippen LogP contribution is 2.26. The average molecular weight is 337 g/mol. The molecule has 0 atom stereocenters. The molecular weight excluding hydrogens is 324 g/mol. The Morgan fingerprint density at radius 2 is 2.41 bits per heavy atom. The summed E-state index contributed by atoms with van der Waals surface area (Å²) in [5.41, 5.74) is 2.23. The molecule has 0 unspecified atom stereocenters. The zero-order valence-corrected chi connectivity index (χ0v) is 13.4. The molecule has 2 aromatic rings. The lowest BCUT2D eigenvalue weighted by molar-refractivity contribution is 0.210. The Labute approximate surface area is 136 Å². The topological polar surface area (TPSA) is 86.8 Å². The Hall–Kier alpha value is -2.11. The van der Waals surface area contributed by atoms with Crippen molar-refractivity contribution in [3.8, 4) is 6.07 Å². The van der Waals surface area contributed by atoms with Gasteiger partial charge in [0.05, 0.1) is 12.7 Å². The Morgan fingerprint density at radius 1 is 1.59 bits per heavy atom. The fourth-order valence-corrected chi connectivity index (χ4v) is 3.39. The largest absolute Gasteiger partial charge is 0.323 e. The monoisotopic (exact) mass is 336 g/mol. The van der Waals surface area contributed by atoms with Crippen molar-refractivity contribution in [2.24, 2.45) is 7.05 Å². The second-order valence-corrected chi connectivity index (χ2v) is 6.30. The van der Waals surface area contributed by atoms with Crippen LogP contribution in [0.3, 0.4) is 0 Å². The molecule has 1 N–H and O–H groups in total. The molecular formula is C13H13ClN6OS. The van der Waals surface area contributed by atoms with Gasteiger partial charge in [-0.1, -0.05) is 22.9 Å². The van der Waals surface area contributed by atoms with Crippen LogP contribution in [0.25, 0.3) is 0 Å². The zero-order valence-electron chi connectivity index (χ0n) is 11.8. The predicted octanol–water partition coefficient (Wildman–Crippen LogP) is 2.38. The molecule has 2 aromatic heterocycles. The van der Waals surface area contributed by atoms with Gasteiger partial charge in [-0.15, -0.1) is 0 Å². The van der Waals surface area contributed by atoms with E-state index in [1.807, 2.05) is 17.8 Å². The Kier molecular flexibility index (Phi) is 4.00. The first-order valence-corrected chi connectivity index (χ1v) is 7.90. The van der Waals surface area contributed by atoms with Crippen molar-refractivity contribution in [3.05, 3.63) is 27.5 Å². The first-order valence-electron chi connectivity index (χ1n) is 6.70. The van der Waals surface area contributed by atoms with Crippen LogP contribution in [-0.2, 0) is 20.0 Å². The van der Waals surface area contributed by atoms with E-state index in [9.17, 15) is 4.79 Å². The summed E-state index contributed by atoms with van der Waals surface area (Å²) in [5, 5.41) is 16.3. The highest BCUT2D eigenvalue weighted by atomic mass is 35.5. The molecule has 0 saturated heterocycles. The van der Waals surface area contributed by atoms with Crippen LogP contribution < -0.4 is 5.32 Å². The summed E-state index contributed by atoms with van der Waals surface area (Å²) in [6, 6.07) is 1.70. The van der Waals surface area contributed by atoms with Crippen LogP contribution in [0.1, 0.15) is 22.6 Å². The number of nitrogens with one attached hydrogen (secondary N) is 1. The van der Waals surface area contributed by atoms with Crippen molar-refractivity contribution in [2.45, 2.75) is 19.4 Å². The quantitative estimate of drug-likeness (QED) is 0.866. The maximum atomic E-state index is 12.4. The summed E-state index contributed by atoms with van der Waals surface area (Å²) in [5.74, 6) is 0. The minimum absolute atomic E-state index is 0.119. The van der Waals surface area contributed by atoms with E-state index in [1.165, 1.54) is 5.69 Å². The maximum Gasteiger partial charge on any atom is 0.323 e. The number of aromatic nitrogens is 3. The number of carbonyl (C=O) groups is 1. The van der Waals surface area contributed by atoms with Crippen molar-refractivity contribution in [1.82, 2.24) is 19.7 Å². The first-order chi connectivity index (χ1) is 10.6. The van der Waals surface area contributed by atoms with Gasteiger partial charge in [0.2, 0.25) is 0 Å². The average Bonchev–Trinajstić information content (AvgIpc) is 2.93. The number of amides is 2. The van der Waals surface area contributed by atoms with Gasteiger partial charge in [0.1, 0.15) is 10.9 Å². The molecule has 0 spiro atoms. The van der Waals surface area contributed by atoms with E-state index in [-0.39, 0.29) is 11.2 Å². The van der Waals surface area contributed by atoms with E-state index in [1.54, 1.807) is 11.1 Å². The van der Waals surface area contributed by atoms with E-state index in [0.717, 1.165) is 29.7 Å². The normalized spacial score (nSPS) is 14.1. The molecule has 0 bridgehead atoms. The number of rotatable bonds is 1. The molecule has 1 aliphatic rings. The number of urea groups is 1. The number of nitrogens with zero attached hydrogens (tertiary/aromatic N) is 5. The molecule has 9 heteroatoms. The number of hydrogen-bond acceptors (Lipinski definition) is 5. The smallest absolute Gasteiger partial charge is 0.320 e. The van der Waals surface area contributed by atoms with Gasteiger partial charge >= 0.3 is 6.03 Å². The molecule has 3 heterocycles. The lowest BCUT2D eigenvalue weighted by Gasteiger charge is -2.19. The van der Waals surface area contributed by atoms with Crippen molar-refractivity contribution >= 4 is 34.1 Å². The van der Waals surface area contributed by atoms with Crippen LogP contribution >= 0.6 is 22.9 Å². The molecule has 1 aliphatic heterocycles. The molecule has 0 radical (unpaired) electrons. The van der Waals surface area contributed by atoms with E-state index >= 15 is 0 Å². The Morgan fingerprint density at radius 3 is 3.14 bits per heavy atom. The summed E-state index contributed by atoms with van der Waals surface area (Å²) in [6.45, 7) is 1.17. The highest BCUT2D eigenvalue weighted by molar-refractivity contribution is 7.16. The Balaban J connectivity index is 1.73. The van der Waals surface area contributed by atoms with Crippen LogP contribution in [0, 0.1) is 11.3 Å². The highest BCUT2D eigenvalue weighted by Gasteiger charge is 2.22. The summed E-state index contributed by atoms with van der Waals surface area (Å²) in [6.07, 6.45) is 3.58. The standard InChI is InChI=1S/C13H13ClN6OS/c1-19-9-3-2-4-20(7-8(9)6-16-19)13(21)18-12-17-11(14)10(5-15)22-12/h6H,2-4,7H2,1H3,(H,17,18,21). The number of aryl methyl sites for hydroxylation is 1. The van der Waals surface area contributed by atoms with Crippen LogP contribution in [0.2, 0.25) is 5.15 Å². The second kappa shape index (κ2) is 5.94. The molecule has 2 amide bonds. The van der Waals surface area contributed by atoms with Crippen molar-refractivity contribution < 1.29 is 4.79 Å². The van der Waals surface area contributed by atoms with Gasteiger partial charge in [-0.05, 0) is 12.8 Å². The number of carbonyl (C=O) groups excluding carboxylic acids is 1. The minimum Gasteiger partial charge on any atom is -0.320 e. The van der Waals surface area contributed by atoms with Gasteiger partial charge in [0.15, 0.2) is 10.3 Å². The van der Waals surface area contributed by atoms with E-state index in [0.29, 0.717) is 23.1 Å². The first kappa shape index (κ1) is 14.8. The predicted molar refractivity (Wildman–Crippen MR) is 82.8 cm³/mol. The molecule has 22 heavy (non-hydrogen) atoms. The Bertz CT molecular complexity index is 761. The number of halogens is 1. The summed E-state index contributed by atoms with van der Waals surface area (Å²) >= 11 is 6.88. The van der Waals surface area contributed by atoms with Gasteiger partial charge in [-0.3, -0.25) is 10.00 Å². The van der Waals surface area contributed by atoms with Gasteiger partial charge in [0.25, 0.3) is 0 Å². The fourth-order valence-electron chi connectivity index (χ4n) is 2.45. The number of hydrogen-bond donors (Lipinski definition) is 1.